The second-order valence-corrected chi connectivity index (χ2v) is 5.35. The summed E-state index contributed by atoms with van der Waals surface area (Å²) in [5.41, 5.74) is 1.29. The van der Waals surface area contributed by atoms with Crippen molar-refractivity contribution >= 4 is 11.8 Å². The zero-order valence-electron chi connectivity index (χ0n) is 9.28. The highest BCUT2D eigenvalue weighted by Gasteiger charge is 2.14. The molecule has 0 aromatic carbocycles. The summed E-state index contributed by atoms with van der Waals surface area (Å²) in [5, 5.41) is 4.36. The molecule has 4 heteroatoms. The number of nitrogens with one attached hydrogen (secondary N) is 1. The maximum Gasteiger partial charge on any atom is 0.0948 e. The van der Waals surface area contributed by atoms with Crippen LogP contribution in [0.4, 0.5) is 0 Å². The van der Waals surface area contributed by atoms with Gasteiger partial charge in [0.05, 0.1) is 12.0 Å². The molecule has 1 N–H and O–H groups in total. The Balaban J connectivity index is 1.73. The van der Waals surface area contributed by atoms with Gasteiger partial charge in [0.2, 0.25) is 0 Å². The summed E-state index contributed by atoms with van der Waals surface area (Å²) < 4.78 is 2.19. The lowest BCUT2D eigenvalue weighted by atomic mass is 10.2. The SMILES string of the molecule is CCn1cncc1CNCC1CCCS1. The molecule has 0 saturated carbocycles. The minimum atomic E-state index is 0.836. The van der Waals surface area contributed by atoms with Crippen LogP contribution in [-0.2, 0) is 13.1 Å². The van der Waals surface area contributed by atoms with Crippen LogP contribution in [0.5, 0.6) is 0 Å². The van der Waals surface area contributed by atoms with Gasteiger partial charge in [-0.3, -0.25) is 0 Å². The number of aryl methyl sites for hydroxylation is 1. The third-order valence-corrected chi connectivity index (χ3v) is 4.24. The molecule has 1 fully saturated rings. The van der Waals surface area contributed by atoms with E-state index < -0.39 is 0 Å². The molecule has 1 saturated heterocycles. The summed E-state index contributed by atoms with van der Waals surface area (Å²) in [6.07, 6.45) is 6.63. The number of nitrogens with zero attached hydrogens (tertiary/aromatic N) is 2. The molecule has 1 unspecified atom stereocenters. The number of rotatable bonds is 5. The molecule has 1 aliphatic rings. The molecule has 1 aliphatic heterocycles. The Kier molecular flexibility index (Phi) is 4.09. The van der Waals surface area contributed by atoms with Gasteiger partial charge in [0.15, 0.2) is 0 Å². The smallest absolute Gasteiger partial charge is 0.0948 e. The first-order valence-electron chi connectivity index (χ1n) is 5.71. The number of hydrogen-bond acceptors (Lipinski definition) is 3. The number of hydrogen-bond donors (Lipinski definition) is 1. The van der Waals surface area contributed by atoms with E-state index in [1.165, 1.54) is 24.3 Å². The van der Waals surface area contributed by atoms with Crippen molar-refractivity contribution in [2.75, 3.05) is 12.3 Å². The fourth-order valence-corrected chi connectivity index (χ4v) is 3.18. The Morgan fingerprint density at radius 1 is 1.67 bits per heavy atom. The van der Waals surface area contributed by atoms with Crippen LogP contribution in [-0.4, -0.2) is 27.1 Å². The van der Waals surface area contributed by atoms with Gasteiger partial charge in [-0.05, 0) is 25.5 Å². The largest absolute Gasteiger partial charge is 0.334 e. The second-order valence-electron chi connectivity index (χ2n) is 3.94. The average molecular weight is 225 g/mol. The standard InChI is InChI=1S/C11H19N3S/c1-2-14-9-13-7-10(14)6-12-8-11-4-3-5-15-11/h7,9,11-12H,2-6,8H2,1H3. The summed E-state index contributed by atoms with van der Waals surface area (Å²) in [4.78, 5) is 4.16. The van der Waals surface area contributed by atoms with Crippen molar-refractivity contribution < 1.29 is 0 Å². The average Bonchev–Trinajstić information content (AvgIpc) is 2.88. The van der Waals surface area contributed by atoms with E-state index in [0.29, 0.717) is 0 Å². The Morgan fingerprint density at radius 2 is 2.60 bits per heavy atom. The summed E-state index contributed by atoms with van der Waals surface area (Å²) in [6, 6.07) is 0. The monoisotopic (exact) mass is 225 g/mol. The minimum absolute atomic E-state index is 0.836. The summed E-state index contributed by atoms with van der Waals surface area (Å²) in [7, 11) is 0. The Morgan fingerprint density at radius 3 is 3.33 bits per heavy atom. The fourth-order valence-electron chi connectivity index (χ4n) is 1.95. The topological polar surface area (TPSA) is 29.9 Å². The van der Waals surface area contributed by atoms with Crippen molar-refractivity contribution in [3.05, 3.63) is 18.2 Å². The summed E-state index contributed by atoms with van der Waals surface area (Å²) in [6.45, 7) is 5.25. The third kappa shape index (κ3) is 2.98. The highest BCUT2D eigenvalue weighted by Crippen LogP contribution is 2.25. The zero-order valence-corrected chi connectivity index (χ0v) is 10.1. The first kappa shape index (κ1) is 11.0. The van der Waals surface area contributed by atoms with E-state index in [2.05, 4.69) is 33.6 Å². The van der Waals surface area contributed by atoms with Gasteiger partial charge in [-0.2, -0.15) is 11.8 Å². The van der Waals surface area contributed by atoms with E-state index in [4.69, 9.17) is 0 Å². The summed E-state index contributed by atoms with van der Waals surface area (Å²) >= 11 is 2.10. The maximum atomic E-state index is 4.16. The van der Waals surface area contributed by atoms with Crippen LogP contribution < -0.4 is 5.32 Å². The lowest BCUT2D eigenvalue weighted by Gasteiger charge is -2.10. The van der Waals surface area contributed by atoms with Crippen molar-refractivity contribution in [2.24, 2.45) is 0 Å². The van der Waals surface area contributed by atoms with Crippen molar-refractivity contribution in [1.29, 1.82) is 0 Å². The van der Waals surface area contributed by atoms with Crippen LogP contribution in [0.3, 0.4) is 0 Å². The lowest BCUT2D eigenvalue weighted by Crippen LogP contribution is -2.23. The van der Waals surface area contributed by atoms with Crippen LogP contribution in [0.25, 0.3) is 0 Å². The molecule has 15 heavy (non-hydrogen) atoms. The third-order valence-electron chi connectivity index (χ3n) is 2.84. The van der Waals surface area contributed by atoms with Crippen molar-refractivity contribution in [3.63, 3.8) is 0 Å². The van der Waals surface area contributed by atoms with Gasteiger partial charge in [-0.25, -0.2) is 4.98 Å². The van der Waals surface area contributed by atoms with Crippen LogP contribution >= 0.6 is 11.8 Å². The molecule has 0 aliphatic carbocycles. The molecular formula is C11H19N3S. The van der Waals surface area contributed by atoms with Gasteiger partial charge < -0.3 is 9.88 Å². The number of imidazole rings is 1. The highest BCUT2D eigenvalue weighted by molar-refractivity contribution is 8.00. The van der Waals surface area contributed by atoms with Crippen molar-refractivity contribution in [3.8, 4) is 0 Å². The first-order chi connectivity index (χ1) is 7.40. The normalized spacial score (nSPS) is 21.0. The van der Waals surface area contributed by atoms with Gasteiger partial charge in [-0.15, -0.1) is 0 Å². The first-order valence-corrected chi connectivity index (χ1v) is 6.76. The van der Waals surface area contributed by atoms with E-state index in [0.717, 1.165) is 24.9 Å². The molecule has 0 bridgehead atoms. The van der Waals surface area contributed by atoms with Crippen molar-refractivity contribution in [2.45, 2.75) is 38.1 Å². The quantitative estimate of drug-likeness (QED) is 0.830. The van der Waals surface area contributed by atoms with E-state index >= 15 is 0 Å². The molecule has 0 spiro atoms. The van der Waals surface area contributed by atoms with Gasteiger partial charge >= 0.3 is 0 Å². The summed E-state index contributed by atoms with van der Waals surface area (Å²) in [5.74, 6) is 1.35. The molecule has 1 aromatic heterocycles. The van der Waals surface area contributed by atoms with Crippen LogP contribution in [0.2, 0.25) is 0 Å². The van der Waals surface area contributed by atoms with E-state index in [1.807, 2.05) is 12.5 Å². The van der Waals surface area contributed by atoms with E-state index in [9.17, 15) is 0 Å². The fraction of sp³-hybridized carbons (Fsp3) is 0.727. The molecule has 1 aromatic rings. The van der Waals surface area contributed by atoms with Crippen LogP contribution in [0.15, 0.2) is 12.5 Å². The number of thioether (sulfide) groups is 1. The molecule has 0 radical (unpaired) electrons. The predicted molar refractivity (Wildman–Crippen MR) is 65.1 cm³/mol. The Hall–Kier alpha value is -0.480. The molecular weight excluding hydrogens is 206 g/mol. The molecule has 2 heterocycles. The highest BCUT2D eigenvalue weighted by atomic mass is 32.2. The van der Waals surface area contributed by atoms with Gasteiger partial charge in [-0.1, -0.05) is 0 Å². The Labute approximate surface area is 95.7 Å². The zero-order chi connectivity index (χ0) is 10.5. The van der Waals surface area contributed by atoms with E-state index in [-0.39, 0.29) is 0 Å². The molecule has 1 atom stereocenters. The lowest BCUT2D eigenvalue weighted by molar-refractivity contribution is 0.608. The molecule has 3 nitrogen and oxygen atoms in total. The molecule has 84 valence electrons. The number of aromatic nitrogens is 2. The van der Waals surface area contributed by atoms with Crippen molar-refractivity contribution in [1.82, 2.24) is 14.9 Å². The van der Waals surface area contributed by atoms with Gasteiger partial charge in [0, 0.05) is 31.1 Å². The minimum Gasteiger partial charge on any atom is -0.334 e. The van der Waals surface area contributed by atoms with Gasteiger partial charge in [0.1, 0.15) is 0 Å². The Bertz CT molecular complexity index is 292. The second kappa shape index (κ2) is 5.56. The maximum absolute atomic E-state index is 4.16. The van der Waals surface area contributed by atoms with E-state index in [1.54, 1.807) is 0 Å². The molecule has 0 amide bonds. The van der Waals surface area contributed by atoms with Crippen LogP contribution in [0.1, 0.15) is 25.5 Å². The predicted octanol–water partition coefficient (Wildman–Crippen LogP) is 1.89. The van der Waals surface area contributed by atoms with Crippen LogP contribution in [0, 0.1) is 0 Å². The molecule has 2 rings (SSSR count). The van der Waals surface area contributed by atoms with Gasteiger partial charge in [0.25, 0.3) is 0 Å².